The molecule has 0 unspecified atom stereocenters. The van der Waals surface area contributed by atoms with Gasteiger partial charge in [-0.15, -0.1) is 0 Å². The van der Waals surface area contributed by atoms with Crippen molar-refractivity contribution in [3.63, 3.8) is 0 Å². The van der Waals surface area contributed by atoms with Crippen molar-refractivity contribution < 1.29 is 28.5 Å². The molecule has 142 valence electrons. The second-order valence-electron chi connectivity index (χ2n) is 5.45. The van der Waals surface area contributed by atoms with Gasteiger partial charge in [0, 0.05) is 23.9 Å². The average molecular weight is 393 g/mol. The molecule has 8 nitrogen and oxygen atoms in total. The zero-order valence-corrected chi connectivity index (χ0v) is 15.4. The van der Waals surface area contributed by atoms with Crippen LogP contribution in [0.5, 0.6) is 23.0 Å². The van der Waals surface area contributed by atoms with Crippen LogP contribution >= 0.6 is 11.6 Å². The molecule has 0 bridgehead atoms. The molecule has 3 rings (SSSR count). The molecule has 1 heterocycles. The molecule has 2 aromatic rings. The van der Waals surface area contributed by atoms with E-state index in [9.17, 15) is 9.59 Å². The molecule has 1 aliphatic heterocycles. The maximum Gasteiger partial charge on any atom is 0.314 e. The summed E-state index contributed by atoms with van der Waals surface area (Å²) in [5, 5.41) is 5.29. The Bertz CT molecular complexity index is 886. The highest BCUT2D eigenvalue weighted by Crippen LogP contribution is 2.36. The quantitative estimate of drug-likeness (QED) is 0.777. The number of rotatable bonds is 4. The molecule has 0 aromatic heterocycles. The smallest absolute Gasteiger partial charge is 0.314 e. The topological polar surface area (TPSA) is 95.1 Å². The zero-order chi connectivity index (χ0) is 19.4. The zero-order valence-electron chi connectivity index (χ0n) is 14.6. The van der Waals surface area contributed by atoms with Crippen LogP contribution in [0.1, 0.15) is 0 Å². The molecule has 2 N–H and O–H groups in total. The van der Waals surface area contributed by atoms with E-state index in [0.29, 0.717) is 46.9 Å². The van der Waals surface area contributed by atoms with Crippen LogP contribution in [0, 0.1) is 0 Å². The van der Waals surface area contributed by atoms with Crippen LogP contribution in [0.25, 0.3) is 0 Å². The van der Waals surface area contributed by atoms with Crippen molar-refractivity contribution in [3.8, 4) is 23.0 Å². The van der Waals surface area contributed by atoms with Crippen LogP contribution in [-0.2, 0) is 9.59 Å². The first-order valence-corrected chi connectivity index (χ1v) is 8.33. The van der Waals surface area contributed by atoms with Gasteiger partial charge in [0.2, 0.25) is 0 Å². The molecule has 2 aromatic carbocycles. The van der Waals surface area contributed by atoms with Crippen LogP contribution in [0.3, 0.4) is 0 Å². The minimum atomic E-state index is -0.882. The van der Waals surface area contributed by atoms with Crippen LogP contribution in [0.4, 0.5) is 11.4 Å². The fourth-order valence-corrected chi connectivity index (χ4v) is 2.68. The van der Waals surface area contributed by atoms with Crippen LogP contribution < -0.4 is 29.6 Å². The molecule has 0 atom stereocenters. The fourth-order valence-electron chi connectivity index (χ4n) is 2.45. The van der Waals surface area contributed by atoms with Gasteiger partial charge in [-0.3, -0.25) is 9.59 Å². The maximum absolute atomic E-state index is 12.2. The number of hydrogen-bond donors (Lipinski definition) is 2. The Labute approximate surface area is 160 Å². The Balaban J connectivity index is 1.72. The second kappa shape index (κ2) is 8.05. The van der Waals surface area contributed by atoms with Crippen molar-refractivity contribution in [2.24, 2.45) is 0 Å². The third kappa shape index (κ3) is 4.17. The minimum absolute atomic E-state index is 0.251. The summed E-state index contributed by atoms with van der Waals surface area (Å²) in [5.41, 5.74) is 0.654. The van der Waals surface area contributed by atoms with E-state index in [2.05, 4.69) is 10.6 Å². The number of anilines is 2. The van der Waals surface area contributed by atoms with Crippen LogP contribution in [0.15, 0.2) is 30.3 Å². The van der Waals surface area contributed by atoms with Crippen molar-refractivity contribution in [1.82, 2.24) is 0 Å². The van der Waals surface area contributed by atoms with Crippen molar-refractivity contribution in [2.75, 3.05) is 38.1 Å². The summed E-state index contributed by atoms with van der Waals surface area (Å²) in [6.45, 7) is 0.885. The number of ether oxygens (including phenoxy) is 4. The molecule has 0 aliphatic carbocycles. The van der Waals surface area contributed by atoms with E-state index < -0.39 is 11.8 Å². The molecular weight excluding hydrogens is 376 g/mol. The molecule has 0 radical (unpaired) electrons. The van der Waals surface area contributed by atoms with Gasteiger partial charge in [-0.05, 0) is 12.1 Å². The lowest BCUT2D eigenvalue weighted by Gasteiger charge is -2.19. The highest BCUT2D eigenvalue weighted by atomic mass is 35.5. The predicted molar refractivity (Wildman–Crippen MR) is 99.2 cm³/mol. The maximum atomic E-state index is 12.2. The first kappa shape index (κ1) is 18.7. The molecule has 27 heavy (non-hydrogen) atoms. The van der Waals surface area contributed by atoms with Gasteiger partial charge in [-0.1, -0.05) is 11.6 Å². The number of nitrogens with one attached hydrogen (secondary N) is 2. The molecule has 1 aliphatic rings. The van der Waals surface area contributed by atoms with Crippen molar-refractivity contribution >= 4 is 34.8 Å². The predicted octanol–water partition coefficient (Wildman–Crippen LogP) is 2.71. The number of carbonyl (C=O) groups is 2. The number of amides is 2. The van der Waals surface area contributed by atoms with Gasteiger partial charge in [0.15, 0.2) is 11.5 Å². The van der Waals surface area contributed by atoms with E-state index in [1.807, 2.05) is 0 Å². The minimum Gasteiger partial charge on any atom is -0.495 e. The van der Waals surface area contributed by atoms with Gasteiger partial charge in [0.1, 0.15) is 24.7 Å². The van der Waals surface area contributed by atoms with E-state index in [4.69, 9.17) is 30.5 Å². The van der Waals surface area contributed by atoms with Crippen LogP contribution in [-0.4, -0.2) is 39.2 Å². The molecule has 0 spiro atoms. The van der Waals surface area contributed by atoms with Crippen molar-refractivity contribution in [1.29, 1.82) is 0 Å². The SMILES string of the molecule is COc1cc(NC(=O)C(=O)Nc2ccc3c(c2)OCCO3)c(OC)cc1Cl. The van der Waals surface area contributed by atoms with Gasteiger partial charge in [-0.2, -0.15) is 0 Å². The summed E-state index contributed by atoms with van der Waals surface area (Å²) in [5.74, 6) is -0.0261. The monoisotopic (exact) mass is 392 g/mol. The summed E-state index contributed by atoms with van der Waals surface area (Å²) in [4.78, 5) is 24.5. The van der Waals surface area contributed by atoms with Crippen LogP contribution in [0.2, 0.25) is 5.02 Å². The lowest BCUT2D eigenvalue weighted by atomic mass is 10.2. The number of methoxy groups -OCH3 is 2. The first-order valence-electron chi connectivity index (χ1n) is 7.95. The number of carbonyl (C=O) groups excluding carboxylic acids is 2. The van der Waals surface area contributed by atoms with E-state index >= 15 is 0 Å². The Morgan fingerprint density at radius 2 is 1.59 bits per heavy atom. The van der Waals surface area contributed by atoms with E-state index in [1.165, 1.54) is 26.4 Å². The van der Waals surface area contributed by atoms with E-state index in [1.54, 1.807) is 18.2 Å². The first-order chi connectivity index (χ1) is 13.0. The second-order valence-corrected chi connectivity index (χ2v) is 5.86. The number of halogens is 1. The van der Waals surface area contributed by atoms with Crippen molar-refractivity contribution in [3.05, 3.63) is 35.4 Å². The Morgan fingerprint density at radius 3 is 2.30 bits per heavy atom. The molecule has 0 saturated carbocycles. The number of hydrogen-bond acceptors (Lipinski definition) is 6. The Hall–Kier alpha value is -3.13. The molecule has 0 fully saturated rings. The number of fused-ring (bicyclic) bond motifs is 1. The van der Waals surface area contributed by atoms with Gasteiger partial charge in [0.05, 0.1) is 24.9 Å². The summed E-state index contributed by atoms with van der Waals surface area (Å²) < 4.78 is 21.1. The summed E-state index contributed by atoms with van der Waals surface area (Å²) in [7, 11) is 2.86. The molecule has 9 heteroatoms. The lowest BCUT2D eigenvalue weighted by molar-refractivity contribution is -0.133. The number of benzene rings is 2. The van der Waals surface area contributed by atoms with Gasteiger partial charge in [0.25, 0.3) is 0 Å². The van der Waals surface area contributed by atoms with E-state index in [0.717, 1.165) is 0 Å². The third-order valence-electron chi connectivity index (χ3n) is 3.73. The van der Waals surface area contributed by atoms with Gasteiger partial charge in [-0.25, -0.2) is 0 Å². The average Bonchev–Trinajstić information content (AvgIpc) is 2.68. The standard InChI is InChI=1S/C18H17ClN2O6/c1-24-14-9-12(15(25-2)8-11(14)19)21-18(23)17(22)20-10-3-4-13-16(7-10)27-6-5-26-13/h3-4,7-9H,5-6H2,1-2H3,(H,20,22)(H,21,23). The fraction of sp³-hybridized carbons (Fsp3) is 0.222. The summed E-state index contributed by atoms with van der Waals surface area (Å²) >= 11 is 6.03. The largest absolute Gasteiger partial charge is 0.495 e. The molecule has 2 amide bonds. The van der Waals surface area contributed by atoms with Gasteiger partial charge >= 0.3 is 11.8 Å². The summed E-state index contributed by atoms with van der Waals surface area (Å²) in [6, 6.07) is 7.82. The van der Waals surface area contributed by atoms with Gasteiger partial charge < -0.3 is 29.6 Å². The molecular formula is C18H17ClN2O6. The highest BCUT2D eigenvalue weighted by Gasteiger charge is 2.19. The highest BCUT2D eigenvalue weighted by molar-refractivity contribution is 6.44. The summed E-state index contributed by atoms with van der Waals surface area (Å²) in [6.07, 6.45) is 0. The Kier molecular flexibility index (Phi) is 5.56. The molecule has 0 saturated heterocycles. The normalized spacial score (nSPS) is 12.1. The van der Waals surface area contributed by atoms with Crippen molar-refractivity contribution in [2.45, 2.75) is 0 Å². The Morgan fingerprint density at radius 1 is 0.926 bits per heavy atom. The van der Waals surface area contributed by atoms with E-state index in [-0.39, 0.29) is 5.69 Å². The third-order valence-corrected chi connectivity index (χ3v) is 4.02. The lowest BCUT2D eigenvalue weighted by Crippen LogP contribution is -2.29.